The Kier molecular flexibility index (Phi) is 9.78. The summed E-state index contributed by atoms with van der Waals surface area (Å²) in [5.41, 5.74) is 17.6. The van der Waals surface area contributed by atoms with Crippen LogP contribution >= 0.6 is 0 Å². The molecule has 6 heteroatoms. The average molecular weight is 957 g/mol. The molecule has 15 rings (SSSR count). The lowest BCUT2D eigenvalue weighted by Crippen LogP contribution is -2.04. The molecule has 350 valence electrons. The van der Waals surface area contributed by atoms with Crippen molar-refractivity contribution >= 4 is 65.4 Å². The number of rotatable bonds is 8. The summed E-state index contributed by atoms with van der Waals surface area (Å²) in [6.07, 6.45) is 0. The van der Waals surface area contributed by atoms with Crippen molar-refractivity contribution in [3.8, 4) is 73.5 Å². The van der Waals surface area contributed by atoms with Gasteiger partial charge in [0.15, 0.2) is 17.5 Å². The van der Waals surface area contributed by atoms with Gasteiger partial charge in [-0.05, 0) is 95.1 Å². The quantitative estimate of drug-likeness (QED) is 0.152. The first kappa shape index (κ1) is 42.5. The highest BCUT2D eigenvalue weighted by Gasteiger charge is 2.22. The number of hydrogen-bond donors (Lipinski definition) is 0. The van der Waals surface area contributed by atoms with Gasteiger partial charge in [-0.2, -0.15) is 0 Å². The molecule has 0 aliphatic rings. The summed E-state index contributed by atoms with van der Waals surface area (Å²) >= 11 is 0. The van der Waals surface area contributed by atoms with E-state index in [4.69, 9.17) is 15.0 Å². The minimum absolute atomic E-state index is 0.625. The second kappa shape index (κ2) is 17.3. The van der Waals surface area contributed by atoms with E-state index in [1.165, 1.54) is 54.5 Å². The molecule has 4 aromatic heterocycles. The van der Waals surface area contributed by atoms with E-state index in [9.17, 15) is 0 Å². The van der Waals surface area contributed by atoms with E-state index in [-0.39, 0.29) is 0 Å². The van der Waals surface area contributed by atoms with Crippen LogP contribution in [0, 0.1) is 0 Å². The second-order valence-electron chi connectivity index (χ2n) is 19.2. The van der Waals surface area contributed by atoms with E-state index in [1.54, 1.807) is 0 Å². The number of nitrogens with zero attached hydrogens (tertiary/aromatic N) is 6. The number of benzene rings is 11. The fraction of sp³-hybridized carbons (Fsp3) is 0. The normalized spacial score (nSPS) is 11.7. The Balaban J connectivity index is 0.904. The molecule has 0 bridgehead atoms. The van der Waals surface area contributed by atoms with Gasteiger partial charge >= 0.3 is 0 Å². The molecule has 0 radical (unpaired) electrons. The Morgan fingerprint density at radius 2 is 0.520 bits per heavy atom. The Morgan fingerprint density at radius 3 is 1.01 bits per heavy atom. The molecule has 15 aromatic rings. The van der Waals surface area contributed by atoms with Crippen LogP contribution in [0.5, 0.6) is 0 Å². The Labute approximate surface area is 432 Å². The molecular formula is C69H44N6. The molecule has 0 aliphatic heterocycles. The molecule has 0 aliphatic carbocycles. The van der Waals surface area contributed by atoms with Gasteiger partial charge in [-0.25, -0.2) is 15.0 Å². The van der Waals surface area contributed by atoms with Crippen LogP contribution in [0.3, 0.4) is 0 Å². The molecule has 6 nitrogen and oxygen atoms in total. The minimum Gasteiger partial charge on any atom is -0.309 e. The van der Waals surface area contributed by atoms with Gasteiger partial charge in [0, 0.05) is 54.7 Å². The second-order valence-corrected chi connectivity index (χ2v) is 19.2. The first-order valence-electron chi connectivity index (χ1n) is 25.4. The fourth-order valence-electron chi connectivity index (χ4n) is 11.4. The van der Waals surface area contributed by atoms with Crippen LogP contribution < -0.4 is 0 Å². The van der Waals surface area contributed by atoms with Crippen LogP contribution in [0.25, 0.3) is 139 Å². The molecule has 0 fully saturated rings. The highest BCUT2D eigenvalue weighted by Crippen LogP contribution is 2.42. The van der Waals surface area contributed by atoms with Gasteiger partial charge in [-0.3, -0.25) is 0 Å². The Morgan fingerprint density at radius 1 is 0.200 bits per heavy atom. The zero-order chi connectivity index (χ0) is 49.4. The number of hydrogen-bond acceptors (Lipinski definition) is 3. The maximum Gasteiger partial charge on any atom is 0.164 e. The molecule has 0 unspecified atom stereocenters. The van der Waals surface area contributed by atoms with E-state index >= 15 is 0 Å². The average Bonchev–Trinajstić information content (AvgIpc) is 4.13. The van der Waals surface area contributed by atoms with Gasteiger partial charge < -0.3 is 13.7 Å². The molecule has 0 saturated heterocycles. The first-order valence-corrected chi connectivity index (χ1v) is 25.4. The summed E-state index contributed by atoms with van der Waals surface area (Å²) in [5, 5.41) is 7.30. The van der Waals surface area contributed by atoms with Gasteiger partial charge in [0.2, 0.25) is 0 Å². The standard InChI is InChI=1S/C69H44N6/c1-4-18-46(19-5-1)67-70-68(47-20-6-2-7-21-47)72-69(71-67)48-34-32-45(33-35-48)51-38-41-65(74-60-29-15-10-24-53(60)54-25-11-16-30-61(54)74)66(44-51)75-62-31-17-13-27-56(62)58-43-50(37-40-64(58)75)49-36-39-63-57(42-49)55-26-12-14-28-59(55)73(63)52-22-8-3-9-23-52/h1-44H. The summed E-state index contributed by atoms with van der Waals surface area (Å²) in [5.74, 6) is 1.90. The summed E-state index contributed by atoms with van der Waals surface area (Å²) in [6.45, 7) is 0. The summed E-state index contributed by atoms with van der Waals surface area (Å²) in [6, 6.07) is 95.5. The zero-order valence-corrected chi connectivity index (χ0v) is 40.6. The topological polar surface area (TPSA) is 53.5 Å². The largest absolute Gasteiger partial charge is 0.309 e. The fourth-order valence-corrected chi connectivity index (χ4v) is 11.4. The van der Waals surface area contributed by atoms with Crippen molar-refractivity contribution in [2.45, 2.75) is 0 Å². The molecule has 0 atom stereocenters. The van der Waals surface area contributed by atoms with Crippen molar-refractivity contribution < 1.29 is 0 Å². The van der Waals surface area contributed by atoms with Crippen LogP contribution in [-0.2, 0) is 0 Å². The van der Waals surface area contributed by atoms with Crippen LogP contribution in [0.15, 0.2) is 267 Å². The lowest BCUT2D eigenvalue weighted by Gasteiger charge is -2.18. The SMILES string of the molecule is c1ccc(-c2nc(-c3ccccc3)nc(-c3ccc(-c4ccc(-n5c6ccccc6c6ccccc65)c(-n5c6ccccc6c6cc(-c7ccc8c(c7)c7ccccc7n8-c7ccccc7)ccc65)c4)cc3)n2)cc1. The molecular weight excluding hydrogens is 913 g/mol. The van der Waals surface area contributed by atoms with Crippen LogP contribution in [0.2, 0.25) is 0 Å². The molecule has 0 spiro atoms. The Hall–Kier alpha value is -10.2. The monoisotopic (exact) mass is 956 g/mol. The predicted molar refractivity (Wildman–Crippen MR) is 310 cm³/mol. The third kappa shape index (κ3) is 6.99. The van der Waals surface area contributed by atoms with E-state index in [1.807, 2.05) is 60.7 Å². The van der Waals surface area contributed by atoms with Crippen molar-refractivity contribution in [3.05, 3.63) is 267 Å². The molecule has 0 N–H and O–H groups in total. The maximum atomic E-state index is 5.03. The predicted octanol–water partition coefficient (Wildman–Crippen LogP) is 17.5. The van der Waals surface area contributed by atoms with Gasteiger partial charge in [0.05, 0.1) is 44.5 Å². The molecule has 75 heavy (non-hydrogen) atoms. The van der Waals surface area contributed by atoms with Gasteiger partial charge in [0.1, 0.15) is 0 Å². The maximum absolute atomic E-state index is 5.03. The molecule has 0 saturated carbocycles. The summed E-state index contributed by atoms with van der Waals surface area (Å²) in [7, 11) is 0. The van der Waals surface area contributed by atoms with Gasteiger partial charge in [0.25, 0.3) is 0 Å². The lowest BCUT2D eigenvalue weighted by atomic mass is 10.0. The van der Waals surface area contributed by atoms with Crippen LogP contribution in [0.1, 0.15) is 0 Å². The number of aromatic nitrogens is 6. The minimum atomic E-state index is 0.625. The van der Waals surface area contributed by atoms with Crippen LogP contribution in [-0.4, -0.2) is 28.7 Å². The molecule has 11 aromatic carbocycles. The summed E-state index contributed by atoms with van der Waals surface area (Å²) in [4.78, 5) is 15.0. The third-order valence-electron chi connectivity index (χ3n) is 14.9. The summed E-state index contributed by atoms with van der Waals surface area (Å²) < 4.78 is 7.29. The van der Waals surface area contributed by atoms with Crippen molar-refractivity contribution in [1.82, 2.24) is 28.7 Å². The van der Waals surface area contributed by atoms with Gasteiger partial charge in [-0.1, -0.05) is 194 Å². The van der Waals surface area contributed by atoms with E-state index < -0.39 is 0 Å². The van der Waals surface area contributed by atoms with E-state index in [0.29, 0.717) is 17.5 Å². The zero-order valence-electron chi connectivity index (χ0n) is 40.6. The Bertz CT molecular complexity index is 4570. The van der Waals surface area contributed by atoms with E-state index in [0.717, 1.165) is 66.9 Å². The number of fused-ring (bicyclic) bond motifs is 9. The van der Waals surface area contributed by atoms with Crippen molar-refractivity contribution in [2.75, 3.05) is 0 Å². The van der Waals surface area contributed by atoms with Crippen LogP contribution in [0.4, 0.5) is 0 Å². The van der Waals surface area contributed by atoms with Crippen molar-refractivity contribution in [1.29, 1.82) is 0 Å². The highest BCUT2D eigenvalue weighted by atomic mass is 15.1. The van der Waals surface area contributed by atoms with Crippen molar-refractivity contribution in [2.24, 2.45) is 0 Å². The van der Waals surface area contributed by atoms with Crippen molar-refractivity contribution in [3.63, 3.8) is 0 Å². The first-order chi connectivity index (χ1) is 37.2. The highest BCUT2D eigenvalue weighted by molar-refractivity contribution is 6.14. The lowest BCUT2D eigenvalue weighted by molar-refractivity contribution is 1.07. The smallest absolute Gasteiger partial charge is 0.164 e. The van der Waals surface area contributed by atoms with E-state index in [2.05, 4.69) is 220 Å². The molecule has 0 amide bonds. The molecule has 4 heterocycles. The third-order valence-corrected chi connectivity index (χ3v) is 14.9. The van der Waals surface area contributed by atoms with Gasteiger partial charge in [-0.15, -0.1) is 0 Å². The number of para-hydroxylation sites is 5.